The fourth-order valence-electron chi connectivity index (χ4n) is 2.88. The van der Waals surface area contributed by atoms with Crippen LogP contribution in [0.15, 0.2) is 36.7 Å². The minimum absolute atomic E-state index is 0.210. The van der Waals surface area contributed by atoms with Crippen molar-refractivity contribution in [2.24, 2.45) is 0 Å². The van der Waals surface area contributed by atoms with E-state index in [9.17, 15) is 13.2 Å². The Hall–Kier alpha value is -2.86. The molecular weight excluding hydrogens is 359 g/mol. The summed E-state index contributed by atoms with van der Waals surface area (Å²) in [5, 5.41) is 9.12. The van der Waals surface area contributed by atoms with E-state index < -0.39 is 11.7 Å². The third-order valence-corrected chi connectivity index (χ3v) is 4.29. The smallest absolute Gasteiger partial charge is 0.416 e. The molecule has 0 atom stereocenters. The molecule has 2 heterocycles. The van der Waals surface area contributed by atoms with Crippen LogP contribution < -0.4 is 9.64 Å². The second-order valence-corrected chi connectivity index (χ2v) is 6.04. The summed E-state index contributed by atoms with van der Waals surface area (Å²) in [7, 11) is 0. The van der Waals surface area contributed by atoms with Crippen molar-refractivity contribution in [2.45, 2.75) is 6.18 Å². The molecule has 0 unspecified atom stereocenters. The zero-order chi connectivity index (χ0) is 19.3. The molecule has 1 aromatic carbocycles. The van der Waals surface area contributed by atoms with Crippen molar-refractivity contribution in [1.82, 2.24) is 14.9 Å². The minimum Gasteiger partial charge on any atom is -0.492 e. The van der Waals surface area contributed by atoms with Crippen molar-refractivity contribution in [3.63, 3.8) is 0 Å². The van der Waals surface area contributed by atoms with E-state index in [2.05, 4.69) is 14.9 Å². The monoisotopic (exact) mass is 377 g/mol. The van der Waals surface area contributed by atoms with Crippen LogP contribution in [0.25, 0.3) is 0 Å². The van der Waals surface area contributed by atoms with Gasteiger partial charge in [0.05, 0.1) is 5.56 Å². The third kappa shape index (κ3) is 4.86. The van der Waals surface area contributed by atoms with Gasteiger partial charge in [-0.25, -0.2) is 9.97 Å². The van der Waals surface area contributed by atoms with Gasteiger partial charge in [0.2, 0.25) is 0 Å². The maximum atomic E-state index is 12.7. The first-order valence-electron chi connectivity index (χ1n) is 8.46. The number of nitriles is 1. The first-order valence-corrected chi connectivity index (χ1v) is 8.46. The molecule has 1 aliphatic heterocycles. The highest BCUT2D eigenvalue weighted by Crippen LogP contribution is 2.31. The zero-order valence-corrected chi connectivity index (χ0v) is 14.5. The lowest BCUT2D eigenvalue weighted by Gasteiger charge is -2.35. The number of hydrogen-bond donors (Lipinski definition) is 0. The van der Waals surface area contributed by atoms with Crippen LogP contribution in [0.4, 0.5) is 19.0 Å². The highest BCUT2D eigenvalue weighted by molar-refractivity contribution is 5.49. The first kappa shape index (κ1) is 18.9. The summed E-state index contributed by atoms with van der Waals surface area (Å²) in [5.74, 6) is 0.793. The Kier molecular flexibility index (Phi) is 5.76. The Morgan fingerprint density at radius 1 is 1.11 bits per heavy atom. The number of aromatic nitrogens is 2. The van der Waals surface area contributed by atoms with E-state index in [1.807, 2.05) is 11.0 Å². The van der Waals surface area contributed by atoms with E-state index in [-0.39, 0.29) is 5.75 Å². The third-order valence-electron chi connectivity index (χ3n) is 4.29. The fourth-order valence-corrected chi connectivity index (χ4v) is 2.88. The van der Waals surface area contributed by atoms with Crippen molar-refractivity contribution in [1.29, 1.82) is 5.26 Å². The molecule has 0 radical (unpaired) electrons. The van der Waals surface area contributed by atoms with Gasteiger partial charge >= 0.3 is 6.18 Å². The first-order chi connectivity index (χ1) is 13.0. The van der Waals surface area contributed by atoms with Crippen LogP contribution >= 0.6 is 0 Å². The topological polar surface area (TPSA) is 65.3 Å². The van der Waals surface area contributed by atoms with Crippen LogP contribution in [0.2, 0.25) is 0 Å². The SMILES string of the molecule is N#Cc1nccnc1N1CCN(CCOc2cccc(C(F)(F)F)c2)CC1. The second kappa shape index (κ2) is 8.22. The molecule has 1 fully saturated rings. The van der Waals surface area contributed by atoms with Crippen molar-refractivity contribution in [3.05, 3.63) is 47.9 Å². The van der Waals surface area contributed by atoms with Gasteiger partial charge in [-0.3, -0.25) is 4.90 Å². The quantitative estimate of drug-likeness (QED) is 0.798. The molecule has 0 spiro atoms. The van der Waals surface area contributed by atoms with E-state index >= 15 is 0 Å². The Balaban J connectivity index is 1.47. The van der Waals surface area contributed by atoms with Gasteiger partial charge in [0, 0.05) is 45.1 Å². The van der Waals surface area contributed by atoms with Gasteiger partial charge in [0.25, 0.3) is 0 Å². The van der Waals surface area contributed by atoms with E-state index in [0.29, 0.717) is 37.8 Å². The van der Waals surface area contributed by atoms with Crippen LogP contribution in [-0.4, -0.2) is 54.2 Å². The highest BCUT2D eigenvalue weighted by Gasteiger charge is 2.30. The summed E-state index contributed by atoms with van der Waals surface area (Å²) in [6.45, 7) is 3.78. The maximum absolute atomic E-state index is 12.7. The molecule has 0 N–H and O–H groups in total. The van der Waals surface area contributed by atoms with Gasteiger partial charge < -0.3 is 9.64 Å². The predicted molar refractivity (Wildman–Crippen MR) is 92.3 cm³/mol. The normalized spacial score (nSPS) is 15.4. The highest BCUT2D eigenvalue weighted by atomic mass is 19.4. The van der Waals surface area contributed by atoms with E-state index in [1.165, 1.54) is 18.3 Å². The number of rotatable bonds is 5. The Morgan fingerprint density at radius 2 is 1.85 bits per heavy atom. The average molecular weight is 377 g/mol. The average Bonchev–Trinajstić information content (AvgIpc) is 2.68. The maximum Gasteiger partial charge on any atom is 0.416 e. The Bertz CT molecular complexity index is 813. The molecule has 142 valence electrons. The molecule has 1 aromatic heterocycles. The molecule has 9 heteroatoms. The second-order valence-electron chi connectivity index (χ2n) is 6.04. The van der Waals surface area contributed by atoms with Crippen LogP contribution in [0, 0.1) is 11.3 Å². The van der Waals surface area contributed by atoms with Crippen molar-refractivity contribution in [3.8, 4) is 11.8 Å². The van der Waals surface area contributed by atoms with Gasteiger partial charge in [-0.05, 0) is 18.2 Å². The molecular formula is C18H18F3N5O. The largest absolute Gasteiger partial charge is 0.492 e. The number of alkyl halides is 3. The van der Waals surface area contributed by atoms with Crippen molar-refractivity contribution in [2.75, 3.05) is 44.2 Å². The lowest BCUT2D eigenvalue weighted by Crippen LogP contribution is -2.48. The van der Waals surface area contributed by atoms with Gasteiger partial charge in [-0.15, -0.1) is 0 Å². The predicted octanol–water partition coefficient (Wildman–Crippen LogP) is 2.57. The lowest BCUT2D eigenvalue weighted by molar-refractivity contribution is -0.137. The number of anilines is 1. The van der Waals surface area contributed by atoms with Crippen molar-refractivity contribution >= 4 is 5.82 Å². The Labute approximate surface area is 154 Å². The van der Waals surface area contributed by atoms with Crippen LogP contribution in [-0.2, 0) is 6.18 Å². The van der Waals surface area contributed by atoms with Gasteiger partial charge in [-0.1, -0.05) is 6.07 Å². The number of nitrogens with zero attached hydrogens (tertiary/aromatic N) is 5. The van der Waals surface area contributed by atoms with Gasteiger partial charge in [0.15, 0.2) is 11.5 Å². The molecule has 0 amide bonds. The van der Waals surface area contributed by atoms with E-state index in [1.54, 1.807) is 6.20 Å². The molecule has 3 rings (SSSR count). The zero-order valence-electron chi connectivity index (χ0n) is 14.5. The summed E-state index contributed by atoms with van der Waals surface area (Å²) in [4.78, 5) is 12.4. The van der Waals surface area contributed by atoms with Crippen molar-refractivity contribution < 1.29 is 17.9 Å². The summed E-state index contributed by atoms with van der Waals surface area (Å²) in [5.41, 5.74) is -0.412. The van der Waals surface area contributed by atoms with E-state index in [0.717, 1.165) is 25.2 Å². The molecule has 1 aliphatic rings. The number of halogens is 3. The summed E-state index contributed by atoms with van der Waals surface area (Å²) >= 11 is 0. The van der Waals surface area contributed by atoms with Gasteiger partial charge in [-0.2, -0.15) is 18.4 Å². The standard InChI is InChI=1S/C18H18F3N5O/c19-18(20,21)14-2-1-3-15(12-14)27-11-10-25-6-8-26(9-7-25)17-16(13-22)23-4-5-24-17/h1-5,12H,6-11H2. The van der Waals surface area contributed by atoms with Crippen LogP contribution in [0.3, 0.4) is 0 Å². The molecule has 1 saturated heterocycles. The minimum atomic E-state index is -4.38. The Morgan fingerprint density at radius 3 is 2.56 bits per heavy atom. The van der Waals surface area contributed by atoms with E-state index in [4.69, 9.17) is 10.00 Å². The summed E-state index contributed by atoms with van der Waals surface area (Å²) in [6, 6.07) is 6.93. The number of ether oxygens (including phenoxy) is 1. The summed E-state index contributed by atoms with van der Waals surface area (Å²) < 4.78 is 43.6. The molecule has 6 nitrogen and oxygen atoms in total. The fraction of sp³-hybridized carbons (Fsp3) is 0.389. The number of hydrogen-bond acceptors (Lipinski definition) is 6. The molecule has 0 aliphatic carbocycles. The molecule has 0 bridgehead atoms. The molecule has 0 saturated carbocycles. The molecule has 2 aromatic rings. The number of benzene rings is 1. The van der Waals surface area contributed by atoms with Crippen LogP contribution in [0.1, 0.15) is 11.3 Å². The lowest BCUT2D eigenvalue weighted by atomic mass is 10.2. The summed E-state index contributed by atoms with van der Waals surface area (Å²) in [6.07, 6.45) is -1.33. The van der Waals surface area contributed by atoms with Gasteiger partial charge in [0.1, 0.15) is 18.4 Å². The molecule has 27 heavy (non-hydrogen) atoms. The van der Waals surface area contributed by atoms with Crippen LogP contribution in [0.5, 0.6) is 5.75 Å². The number of piperazine rings is 1.